The lowest BCUT2D eigenvalue weighted by atomic mass is 10.0. The molecule has 1 N–H and O–H groups in total. The van der Waals surface area contributed by atoms with Gasteiger partial charge in [-0.1, -0.05) is 11.3 Å². The van der Waals surface area contributed by atoms with Crippen LogP contribution in [0.15, 0.2) is 40.2 Å². The number of carboxylic acid groups (broad SMARTS) is 1. The summed E-state index contributed by atoms with van der Waals surface area (Å²) in [6.07, 6.45) is 2.01. The molecule has 13 nitrogen and oxygen atoms in total. The SMILES string of the molecule is COc1ccc(F)cc1[C@H](Cn1c(=O)n(C(C)(C)C(=O)O)c(=O)c2c(C)c(-n3nccn3)sc21)OCCN1CC(C#N)C1. The lowest BCUT2D eigenvalue weighted by Gasteiger charge is -2.35. The lowest BCUT2D eigenvalue weighted by molar-refractivity contribution is -0.146. The van der Waals surface area contributed by atoms with Gasteiger partial charge in [0.05, 0.1) is 50.0 Å². The zero-order chi connectivity index (χ0) is 31.1. The maximum absolute atomic E-state index is 14.5. The number of hydrogen-bond donors (Lipinski definition) is 1. The van der Waals surface area contributed by atoms with Crippen LogP contribution in [0.5, 0.6) is 5.75 Å². The summed E-state index contributed by atoms with van der Waals surface area (Å²) in [6.45, 7) is 5.94. The van der Waals surface area contributed by atoms with Gasteiger partial charge < -0.3 is 14.6 Å². The number of aliphatic carboxylic acids is 1. The molecule has 1 atom stereocenters. The Labute approximate surface area is 248 Å². The van der Waals surface area contributed by atoms with E-state index in [1.54, 1.807) is 6.92 Å². The van der Waals surface area contributed by atoms with Crippen molar-refractivity contribution in [2.75, 3.05) is 33.4 Å². The average Bonchev–Trinajstić information content (AvgIpc) is 3.59. The summed E-state index contributed by atoms with van der Waals surface area (Å²) in [5, 5.41) is 28.0. The Hall–Kier alpha value is -4.39. The predicted molar refractivity (Wildman–Crippen MR) is 154 cm³/mol. The summed E-state index contributed by atoms with van der Waals surface area (Å²) in [7, 11) is 1.43. The molecule has 4 heterocycles. The highest BCUT2D eigenvalue weighted by Crippen LogP contribution is 2.34. The molecule has 0 amide bonds. The van der Waals surface area contributed by atoms with Gasteiger partial charge in [0.25, 0.3) is 5.56 Å². The molecule has 43 heavy (non-hydrogen) atoms. The molecule has 3 aromatic heterocycles. The first-order valence-corrected chi connectivity index (χ1v) is 14.3. The molecule has 1 saturated heterocycles. The molecule has 0 bridgehead atoms. The van der Waals surface area contributed by atoms with Crippen LogP contribution >= 0.6 is 11.3 Å². The third-order valence-corrected chi connectivity index (χ3v) is 8.90. The number of methoxy groups -OCH3 is 1. The van der Waals surface area contributed by atoms with Gasteiger partial charge in [0.1, 0.15) is 33.0 Å². The van der Waals surface area contributed by atoms with Crippen LogP contribution in [0.2, 0.25) is 0 Å². The third-order valence-electron chi connectivity index (χ3n) is 7.62. The molecular weight excluding hydrogens is 581 g/mol. The van der Waals surface area contributed by atoms with Crippen molar-refractivity contribution in [3.8, 4) is 16.8 Å². The number of carbonyl (C=O) groups is 1. The van der Waals surface area contributed by atoms with Gasteiger partial charge in [0.15, 0.2) is 0 Å². The fraction of sp³-hybridized carbons (Fsp3) is 0.429. The number of aromatic nitrogens is 5. The molecule has 0 spiro atoms. The Morgan fingerprint density at radius 1 is 1.28 bits per heavy atom. The maximum atomic E-state index is 14.5. The van der Waals surface area contributed by atoms with Gasteiger partial charge in [-0.2, -0.15) is 15.5 Å². The summed E-state index contributed by atoms with van der Waals surface area (Å²) < 4.78 is 28.3. The summed E-state index contributed by atoms with van der Waals surface area (Å²) in [5.41, 5.74) is -2.73. The molecule has 1 aliphatic rings. The van der Waals surface area contributed by atoms with Crippen LogP contribution in [-0.2, 0) is 21.6 Å². The number of hydrogen-bond acceptors (Lipinski definition) is 10. The van der Waals surface area contributed by atoms with E-state index in [0.29, 0.717) is 41.5 Å². The van der Waals surface area contributed by atoms with E-state index in [2.05, 4.69) is 16.3 Å². The molecule has 0 radical (unpaired) electrons. The molecule has 0 saturated carbocycles. The normalized spacial score (nSPS) is 14.9. The maximum Gasteiger partial charge on any atom is 0.333 e. The number of likely N-dealkylation sites (tertiary alicyclic amines) is 1. The molecule has 4 aromatic rings. The quantitative estimate of drug-likeness (QED) is 0.267. The van der Waals surface area contributed by atoms with Gasteiger partial charge >= 0.3 is 11.7 Å². The van der Waals surface area contributed by atoms with E-state index >= 15 is 0 Å². The number of carboxylic acids is 1. The Bertz CT molecular complexity index is 1830. The number of halogens is 1. The average molecular weight is 612 g/mol. The van der Waals surface area contributed by atoms with Crippen LogP contribution in [0.4, 0.5) is 4.39 Å². The van der Waals surface area contributed by atoms with Gasteiger partial charge in [0.2, 0.25) is 0 Å². The summed E-state index contributed by atoms with van der Waals surface area (Å²) in [5.74, 6) is -1.63. The highest BCUT2D eigenvalue weighted by Gasteiger charge is 2.36. The van der Waals surface area contributed by atoms with Crippen LogP contribution in [-0.4, -0.2) is 73.5 Å². The zero-order valence-corrected chi connectivity index (χ0v) is 24.8. The first-order chi connectivity index (χ1) is 20.5. The van der Waals surface area contributed by atoms with Crippen LogP contribution < -0.4 is 16.0 Å². The number of thiophene rings is 1. The third kappa shape index (κ3) is 5.44. The van der Waals surface area contributed by atoms with E-state index in [0.717, 1.165) is 15.9 Å². The fourth-order valence-corrected chi connectivity index (χ4v) is 6.34. The van der Waals surface area contributed by atoms with E-state index < -0.39 is 34.7 Å². The van der Waals surface area contributed by atoms with Crippen molar-refractivity contribution in [3.05, 3.63) is 68.4 Å². The Morgan fingerprint density at radius 2 is 1.98 bits per heavy atom. The second-order valence-corrected chi connectivity index (χ2v) is 11.7. The van der Waals surface area contributed by atoms with Crippen molar-refractivity contribution >= 4 is 27.5 Å². The van der Waals surface area contributed by atoms with Gasteiger partial charge in [0, 0.05) is 30.8 Å². The van der Waals surface area contributed by atoms with Gasteiger partial charge in [-0.15, -0.1) is 4.80 Å². The molecular formula is C28H30FN7O6S. The van der Waals surface area contributed by atoms with E-state index in [4.69, 9.17) is 14.7 Å². The van der Waals surface area contributed by atoms with Crippen LogP contribution in [0, 0.1) is 30.0 Å². The van der Waals surface area contributed by atoms with Gasteiger partial charge in [-0.25, -0.2) is 18.5 Å². The van der Waals surface area contributed by atoms with Crippen molar-refractivity contribution in [1.29, 1.82) is 5.26 Å². The molecule has 0 unspecified atom stereocenters. The van der Waals surface area contributed by atoms with Crippen LogP contribution in [0.1, 0.15) is 31.1 Å². The van der Waals surface area contributed by atoms with Gasteiger partial charge in [-0.05, 0) is 39.0 Å². The highest BCUT2D eigenvalue weighted by atomic mass is 32.1. The molecule has 1 aliphatic heterocycles. The second-order valence-electron chi connectivity index (χ2n) is 10.8. The van der Waals surface area contributed by atoms with Gasteiger partial charge in [-0.3, -0.25) is 14.3 Å². The molecule has 5 rings (SSSR count). The Kier molecular flexibility index (Phi) is 8.19. The number of rotatable bonds is 11. The largest absolute Gasteiger partial charge is 0.496 e. The number of aryl methyl sites for hydroxylation is 1. The number of ether oxygens (including phenoxy) is 2. The highest BCUT2D eigenvalue weighted by molar-refractivity contribution is 7.21. The standard InChI is InChI=1S/C28H30FN7O6S/c1-16-22-23(37)35(28(2,3)26(38)39)27(40)34(25(22)43-24(16)36-31-7-8-32-36)15-21(19-11-18(29)5-6-20(19)41-4)42-10-9-33-13-17(12-30)14-33/h5-8,11,17,21H,9-10,13-15H2,1-4H3,(H,38,39)/t21-/m0/s1. The Morgan fingerprint density at radius 3 is 2.60 bits per heavy atom. The number of fused-ring (bicyclic) bond motifs is 1. The van der Waals surface area contributed by atoms with E-state index in [1.165, 1.54) is 60.9 Å². The molecule has 1 fully saturated rings. The van der Waals surface area contributed by atoms with E-state index in [9.17, 15) is 23.9 Å². The topological polar surface area (TPSA) is 158 Å². The molecule has 1 aromatic carbocycles. The molecule has 0 aliphatic carbocycles. The minimum atomic E-state index is -1.90. The first-order valence-electron chi connectivity index (χ1n) is 13.4. The first kappa shape index (κ1) is 30.1. The number of nitriles is 1. The van der Waals surface area contributed by atoms with Crippen molar-refractivity contribution < 1.29 is 23.8 Å². The summed E-state index contributed by atoms with van der Waals surface area (Å²) in [6, 6.07) is 6.18. The van der Waals surface area contributed by atoms with Crippen molar-refractivity contribution in [2.24, 2.45) is 5.92 Å². The second kappa shape index (κ2) is 11.7. The minimum Gasteiger partial charge on any atom is -0.496 e. The fourth-order valence-electron chi connectivity index (χ4n) is 5.12. The van der Waals surface area contributed by atoms with Crippen molar-refractivity contribution in [1.82, 2.24) is 29.0 Å². The number of benzene rings is 1. The number of nitrogens with zero attached hydrogens (tertiary/aromatic N) is 7. The van der Waals surface area contributed by atoms with E-state index in [1.807, 2.05) is 4.90 Å². The molecule has 15 heteroatoms. The smallest absolute Gasteiger partial charge is 0.333 e. The lowest BCUT2D eigenvalue weighted by Crippen LogP contribution is -2.52. The van der Waals surface area contributed by atoms with Crippen molar-refractivity contribution in [2.45, 2.75) is 39.0 Å². The van der Waals surface area contributed by atoms with E-state index in [-0.39, 0.29) is 29.3 Å². The molecule has 226 valence electrons. The minimum absolute atomic E-state index is 0.0369. The van der Waals surface area contributed by atoms with Crippen molar-refractivity contribution in [3.63, 3.8) is 0 Å². The summed E-state index contributed by atoms with van der Waals surface area (Å²) >= 11 is 1.10. The summed E-state index contributed by atoms with van der Waals surface area (Å²) in [4.78, 5) is 43.8. The van der Waals surface area contributed by atoms with Crippen LogP contribution in [0.3, 0.4) is 0 Å². The Balaban J connectivity index is 1.67. The predicted octanol–water partition coefficient (Wildman–Crippen LogP) is 2.29. The monoisotopic (exact) mass is 611 g/mol. The van der Waals surface area contributed by atoms with Crippen LogP contribution in [0.25, 0.3) is 15.2 Å². The zero-order valence-electron chi connectivity index (χ0n) is 24.0.